The first-order chi connectivity index (χ1) is 11.6. The molecule has 0 spiro atoms. The highest BCUT2D eigenvalue weighted by atomic mass is 79.9. The molecule has 1 amide bonds. The molecule has 0 saturated carbocycles. The third-order valence-corrected chi connectivity index (χ3v) is 4.08. The summed E-state index contributed by atoms with van der Waals surface area (Å²) in [5.74, 6) is -0.238. The van der Waals surface area contributed by atoms with Gasteiger partial charge in [-0.15, -0.1) is 0 Å². The summed E-state index contributed by atoms with van der Waals surface area (Å²) in [6.45, 7) is 0.446. The first-order valence-corrected chi connectivity index (χ1v) is 8.11. The van der Waals surface area contributed by atoms with E-state index < -0.39 is 11.1 Å². The number of nitrogens with one attached hydrogen (secondary N) is 2. The molecule has 6 nitrogen and oxygen atoms in total. The Morgan fingerprint density at radius 3 is 2.71 bits per heavy atom. The Hall–Kier alpha value is -2.67. The minimum absolute atomic E-state index is 0.211. The fraction of sp³-hybridized carbons (Fsp3) is 0.118. The molecule has 0 aliphatic rings. The number of benzene rings is 2. The van der Waals surface area contributed by atoms with Crippen LogP contribution in [0.3, 0.4) is 0 Å². The third-order valence-electron chi connectivity index (χ3n) is 3.59. The molecule has 7 heteroatoms. The Labute approximate surface area is 145 Å². The van der Waals surface area contributed by atoms with Crippen LogP contribution in [0.25, 0.3) is 11.0 Å². The summed E-state index contributed by atoms with van der Waals surface area (Å²) in [6.07, 6.45) is 0. The molecule has 0 fully saturated rings. The molecule has 0 atom stereocenters. The molecule has 0 unspecified atom stereocenters. The van der Waals surface area contributed by atoms with Crippen molar-refractivity contribution in [1.82, 2.24) is 14.9 Å². The van der Waals surface area contributed by atoms with Gasteiger partial charge in [-0.3, -0.25) is 14.4 Å². The lowest BCUT2D eigenvalue weighted by Gasteiger charge is -2.10. The van der Waals surface area contributed by atoms with E-state index in [0.717, 1.165) is 4.47 Å². The fourth-order valence-electron chi connectivity index (χ4n) is 2.46. The molecule has 122 valence electrons. The van der Waals surface area contributed by atoms with Gasteiger partial charge in [-0.2, -0.15) is 0 Å². The minimum Gasteiger partial charge on any atom is -0.350 e. The number of para-hydroxylation sites is 2. The van der Waals surface area contributed by atoms with Crippen molar-refractivity contribution in [3.63, 3.8) is 0 Å². The van der Waals surface area contributed by atoms with E-state index in [1.54, 1.807) is 42.5 Å². The lowest BCUT2D eigenvalue weighted by atomic mass is 10.2. The van der Waals surface area contributed by atoms with Crippen molar-refractivity contribution in [3.8, 4) is 0 Å². The quantitative estimate of drug-likeness (QED) is 0.670. The molecule has 1 heterocycles. The number of amides is 1. The summed E-state index contributed by atoms with van der Waals surface area (Å²) in [6, 6.07) is 14.1. The number of nitrogens with zero attached hydrogens (tertiary/aromatic N) is 1. The predicted molar refractivity (Wildman–Crippen MR) is 95.3 cm³/mol. The monoisotopic (exact) mass is 387 g/mol. The zero-order chi connectivity index (χ0) is 17.1. The van der Waals surface area contributed by atoms with E-state index in [1.165, 1.54) is 4.57 Å². The summed E-state index contributed by atoms with van der Waals surface area (Å²) in [5.41, 5.74) is 0.420. The molecular formula is C17H14BrN3O3. The van der Waals surface area contributed by atoms with Crippen LogP contribution in [-0.4, -0.2) is 22.0 Å². The van der Waals surface area contributed by atoms with E-state index in [-0.39, 0.29) is 19.0 Å². The van der Waals surface area contributed by atoms with Crippen LogP contribution in [0, 0.1) is 0 Å². The third kappa shape index (κ3) is 3.30. The number of carbonyl (C=O) groups is 1. The fourth-order valence-corrected chi connectivity index (χ4v) is 2.86. The Bertz CT molecular complexity index is 1020. The van der Waals surface area contributed by atoms with Crippen molar-refractivity contribution >= 4 is 32.9 Å². The average molecular weight is 388 g/mol. The molecule has 24 heavy (non-hydrogen) atoms. The molecular weight excluding hydrogens is 374 g/mol. The van der Waals surface area contributed by atoms with Crippen LogP contribution >= 0.6 is 15.9 Å². The predicted octanol–water partition coefficient (Wildman–Crippen LogP) is 1.88. The van der Waals surface area contributed by atoms with Crippen molar-refractivity contribution in [3.05, 3.63) is 79.3 Å². The van der Waals surface area contributed by atoms with Gasteiger partial charge in [-0.1, -0.05) is 34.1 Å². The highest BCUT2D eigenvalue weighted by Crippen LogP contribution is 2.11. The molecule has 3 aromatic rings. The van der Waals surface area contributed by atoms with Crippen molar-refractivity contribution in [2.24, 2.45) is 0 Å². The maximum Gasteiger partial charge on any atom is 0.316 e. The van der Waals surface area contributed by atoms with Crippen molar-refractivity contribution in [1.29, 1.82) is 0 Å². The lowest BCUT2D eigenvalue weighted by Crippen LogP contribution is -2.39. The Balaban J connectivity index is 1.79. The smallest absolute Gasteiger partial charge is 0.316 e. The van der Waals surface area contributed by atoms with E-state index in [9.17, 15) is 14.4 Å². The number of hydrogen-bond acceptors (Lipinski definition) is 3. The number of aromatic nitrogens is 2. The van der Waals surface area contributed by atoms with E-state index in [1.807, 2.05) is 6.07 Å². The molecule has 0 radical (unpaired) electrons. The summed E-state index contributed by atoms with van der Waals surface area (Å²) < 4.78 is 2.18. The van der Waals surface area contributed by atoms with E-state index in [4.69, 9.17) is 0 Å². The van der Waals surface area contributed by atoms with Gasteiger partial charge in [0.2, 0.25) is 0 Å². The zero-order valence-electron chi connectivity index (χ0n) is 12.6. The van der Waals surface area contributed by atoms with Gasteiger partial charge < -0.3 is 14.9 Å². The Kier molecular flexibility index (Phi) is 4.61. The van der Waals surface area contributed by atoms with E-state index in [0.29, 0.717) is 16.6 Å². The molecule has 0 saturated heterocycles. The number of rotatable bonds is 4. The van der Waals surface area contributed by atoms with Gasteiger partial charge in [-0.25, -0.2) is 0 Å². The lowest BCUT2D eigenvalue weighted by molar-refractivity contribution is 0.0952. The summed E-state index contributed by atoms with van der Waals surface area (Å²) in [7, 11) is 0. The Morgan fingerprint density at radius 2 is 1.92 bits per heavy atom. The highest BCUT2D eigenvalue weighted by Gasteiger charge is 2.09. The number of carbonyl (C=O) groups excluding carboxylic acids is 1. The van der Waals surface area contributed by atoms with Gasteiger partial charge in [0.1, 0.15) is 0 Å². The van der Waals surface area contributed by atoms with Gasteiger partial charge in [0, 0.05) is 23.1 Å². The number of fused-ring (bicyclic) bond motifs is 1. The molecule has 0 aliphatic carbocycles. The van der Waals surface area contributed by atoms with Gasteiger partial charge >= 0.3 is 11.1 Å². The SMILES string of the molecule is O=C(NCCn1c(=O)c(=O)[nH]c2ccccc21)c1cccc(Br)c1. The van der Waals surface area contributed by atoms with Crippen LogP contribution in [0.2, 0.25) is 0 Å². The molecule has 1 aromatic heterocycles. The van der Waals surface area contributed by atoms with Crippen LogP contribution in [-0.2, 0) is 6.54 Å². The zero-order valence-corrected chi connectivity index (χ0v) is 14.2. The second-order valence-electron chi connectivity index (χ2n) is 5.19. The van der Waals surface area contributed by atoms with Crippen LogP contribution in [0.4, 0.5) is 0 Å². The van der Waals surface area contributed by atoms with Gasteiger partial charge in [0.15, 0.2) is 0 Å². The maximum absolute atomic E-state index is 12.1. The van der Waals surface area contributed by atoms with Crippen LogP contribution in [0.1, 0.15) is 10.4 Å². The number of halogens is 1. The first-order valence-electron chi connectivity index (χ1n) is 7.32. The number of aromatic amines is 1. The minimum atomic E-state index is -0.674. The van der Waals surface area contributed by atoms with Crippen LogP contribution < -0.4 is 16.4 Å². The average Bonchev–Trinajstić information content (AvgIpc) is 2.58. The van der Waals surface area contributed by atoms with Crippen molar-refractivity contribution in [2.45, 2.75) is 6.54 Å². The standard InChI is InChI=1S/C17H14BrN3O3/c18-12-5-3-4-11(10-12)15(22)19-8-9-21-14-7-2-1-6-13(14)20-16(23)17(21)24/h1-7,10H,8-9H2,(H,19,22)(H,20,23). The van der Waals surface area contributed by atoms with E-state index in [2.05, 4.69) is 26.2 Å². The van der Waals surface area contributed by atoms with E-state index >= 15 is 0 Å². The van der Waals surface area contributed by atoms with Gasteiger partial charge in [-0.05, 0) is 30.3 Å². The molecule has 0 bridgehead atoms. The topological polar surface area (TPSA) is 84.0 Å². The van der Waals surface area contributed by atoms with Crippen LogP contribution in [0.5, 0.6) is 0 Å². The van der Waals surface area contributed by atoms with Gasteiger partial charge in [0.05, 0.1) is 11.0 Å². The molecule has 2 N–H and O–H groups in total. The largest absolute Gasteiger partial charge is 0.350 e. The normalized spacial score (nSPS) is 10.7. The van der Waals surface area contributed by atoms with Crippen molar-refractivity contribution < 1.29 is 4.79 Å². The summed E-state index contributed by atoms with van der Waals surface area (Å²) in [5, 5.41) is 2.75. The van der Waals surface area contributed by atoms with Crippen molar-refractivity contribution in [2.75, 3.05) is 6.54 Å². The second kappa shape index (κ2) is 6.84. The van der Waals surface area contributed by atoms with Gasteiger partial charge in [0.25, 0.3) is 5.91 Å². The highest BCUT2D eigenvalue weighted by molar-refractivity contribution is 9.10. The molecule has 3 rings (SSSR count). The number of H-pyrrole nitrogens is 1. The second-order valence-corrected chi connectivity index (χ2v) is 6.11. The molecule has 0 aliphatic heterocycles. The summed E-state index contributed by atoms with van der Waals surface area (Å²) >= 11 is 3.32. The maximum atomic E-state index is 12.1. The first kappa shape index (κ1) is 16.2. The number of hydrogen-bond donors (Lipinski definition) is 2. The summed E-state index contributed by atoms with van der Waals surface area (Å²) in [4.78, 5) is 38.5. The Morgan fingerprint density at radius 1 is 1.12 bits per heavy atom. The van der Waals surface area contributed by atoms with Crippen LogP contribution in [0.15, 0.2) is 62.6 Å². The molecule has 2 aromatic carbocycles.